The Hall–Kier alpha value is -1.88. The van der Waals surface area contributed by atoms with E-state index >= 15 is 0 Å². The predicted molar refractivity (Wildman–Crippen MR) is 86.9 cm³/mol. The number of benzene rings is 1. The van der Waals surface area contributed by atoms with Crippen LogP contribution >= 0.6 is 11.6 Å². The molecule has 3 amide bonds. The second kappa shape index (κ2) is 6.71. The lowest BCUT2D eigenvalue weighted by atomic mass is 9.81. The molecule has 0 bridgehead atoms. The minimum atomic E-state index is -0.220. The summed E-state index contributed by atoms with van der Waals surface area (Å²) < 4.78 is 0. The number of rotatable bonds is 4. The Kier molecular flexibility index (Phi) is 4.66. The molecule has 6 heteroatoms. The molecule has 1 aliphatic heterocycles. The molecule has 2 atom stereocenters. The summed E-state index contributed by atoms with van der Waals surface area (Å²) in [5.41, 5.74) is 0.646. The van der Waals surface area contributed by atoms with Crippen LogP contribution in [0.15, 0.2) is 24.3 Å². The molecule has 1 saturated heterocycles. The fourth-order valence-corrected chi connectivity index (χ4v) is 3.55. The average Bonchev–Trinajstić information content (AvgIpc) is 2.80. The van der Waals surface area contributed by atoms with Crippen LogP contribution < -0.4 is 5.32 Å². The molecule has 23 heavy (non-hydrogen) atoms. The highest BCUT2D eigenvalue weighted by Gasteiger charge is 2.47. The number of hydrogen-bond donors (Lipinski definition) is 1. The van der Waals surface area contributed by atoms with Gasteiger partial charge in [0.15, 0.2) is 0 Å². The second-order valence-electron chi connectivity index (χ2n) is 6.13. The van der Waals surface area contributed by atoms with E-state index in [0.29, 0.717) is 10.7 Å². The molecular weight excluding hydrogens is 316 g/mol. The lowest BCUT2D eigenvalue weighted by Crippen LogP contribution is -2.34. The van der Waals surface area contributed by atoms with Crippen molar-refractivity contribution in [1.82, 2.24) is 4.90 Å². The van der Waals surface area contributed by atoms with Gasteiger partial charge in [0, 0.05) is 23.7 Å². The first-order valence-corrected chi connectivity index (χ1v) is 8.34. The third-order valence-electron chi connectivity index (χ3n) is 4.62. The zero-order valence-corrected chi connectivity index (χ0v) is 13.5. The van der Waals surface area contributed by atoms with E-state index in [9.17, 15) is 14.4 Å². The van der Waals surface area contributed by atoms with Gasteiger partial charge in [0.1, 0.15) is 0 Å². The van der Waals surface area contributed by atoms with Gasteiger partial charge >= 0.3 is 0 Å². The maximum absolute atomic E-state index is 12.3. The third kappa shape index (κ3) is 3.39. The summed E-state index contributed by atoms with van der Waals surface area (Å²) in [5, 5.41) is 3.33. The summed E-state index contributed by atoms with van der Waals surface area (Å²) in [4.78, 5) is 37.9. The van der Waals surface area contributed by atoms with E-state index < -0.39 is 0 Å². The summed E-state index contributed by atoms with van der Waals surface area (Å²) in [6.45, 7) is 0.157. The van der Waals surface area contributed by atoms with Crippen LogP contribution in [0.2, 0.25) is 5.02 Å². The molecular formula is C17H19ClN2O3. The van der Waals surface area contributed by atoms with Crippen molar-refractivity contribution in [2.45, 2.75) is 32.1 Å². The van der Waals surface area contributed by atoms with Crippen molar-refractivity contribution < 1.29 is 14.4 Å². The fourth-order valence-electron chi connectivity index (χ4n) is 3.42. The molecule has 2 fully saturated rings. The molecule has 2 aliphatic rings. The zero-order valence-electron chi connectivity index (χ0n) is 12.8. The molecule has 1 heterocycles. The van der Waals surface area contributed by atoms with Crippen molar-refractivity contribution in [3.63, 3.8) is 0 Å². The first-order chi connectivity index (χ1) is 11.1. The lowest BCUT2D eigenvalue weighted by Gasteiger charge is -2.19. The summed E-state index contributed by atoms with van der Waals surface area (Å²) in [5.74, 6) is -0.730. The fraction of sp³-hybridized carbons (Fsp3) is 0.471. The highest BCUT2D eigenvalue weighted by Crippen LogP contribution is 2.37. The van der Waals surface area contributed by atoms with Crippen LogP contribution in [0.5, 0.6) is 0 Å². The van der Waals surface area contributed by atoms with Crippen LogP contribution in [0.3, 0.4) is 0 Å². The minimum absolute atomic E-state index is 0.0982. The number of nitrogens with one attached hydrogen (secondary N) is 1. The summed E-state index contributed by atoms with van der Waals surface area (Å²) in [6, 6.07) is 6.80. The second-order valence-corrected chi connectivity index (χ2v) is 6.57. The Balaban J connectivity index is 1.55. The topological polar surface area (TPSA) is 66.5 Å². The van der Waals surface area contributed by atoms with Gasteiger partial charge < -0.3 is 5.32 Å². The van der Waals surface area contributed by atoms with Gasteiger partial charge in [-0.15, -0.1) is 0 Å². The normalized spacial score (nSPS) is 23.8. The van der Waals surface area contributed by atoms with E-state index in [1.807, 2.05) is 0 Å². The highest BCUT2D eigenvalue weighted by molar-refractivity contribution is 6.30. The molecule has 3 rings (SSSR count). The Morgan fingerprint density at radius 1 is 1.09 bits per heavy atom. The van der Waals surface area contributed by atoms with Crippen molar-refractivity contribution in [2.75, 3.05) is 11.9 Å². The SMILES string of the molecule is O=C(CCN1C(=O)[C@@H]2CCCC[C@H]2C1=O)Nc1ccc(Cl)cc1. The van der Waals surface area contributed by atoms with E-state index in [1.165, 1.54) is 4.90 Å². The molecule has 1 saturated carbocycles. The number of nitrogens with zero attached hydrogens (tertiary/aromatic N) is 1. The number of carbonyl (C=O) groups excluding carboxylic acids is 3. The average molecular weight is 335 g/mol. The zero-order chi connectivity index (χ0) is 16.4. The summed E-state index contributed by atoms with van der Waals surface area (Å²) in [7, 11) is 0. The third-order valence-corrected chi connectivity index (χ3v) is 4.87. The molecule has 5 nitrogen and oxygen atoms in total. The van der Waals surface area contributed by atoms with Crippen LogP contribution in [0, 0.1) is 11.8 Å². The van der Waals surface area contributed by atoms with Crippen LogP contribution in [-0.2, 0) is 14.4 Å². The number of hydrogen-bond acceptors (Lipinski definition) is 3. The quantitative estimate of drug-likeness (QED) is 0.861. The predicted octanol–water partition coefficient (Wildman–Crippen LogP) is 2.84. The van der Waals surface area contributed by atoms with E-state index in [2.05, 4.69) is 5.32 Å². The summed E-state index contributed by atoms with van der Waals surface area (Å²) in [6.07, 6.45) is 3.71. The molecule has 0 radical (unpaired) electrons. The van der Waals surface area contributed by atoms with Gasteiger partial charge in [0.2, 0.25) is 17.7 Å². The molecule has 1 aromatic carbocycles. The van der Waals surface area contributed by atoms with Gasteiger partial charge in [-0.1, -0.05) is 24.4 Å². The molecule has 0 aromatic heterocycles. The van der Waals surface area contributed by atoms with E-state index in [0.717, 1.165) is 25.7 Å². The number of fused-ring (bicyclic) bond motifs is 1. The monoisotopic (exact) mass is 334 g/mol. The molecule has 0 spiro atoms. The standard InChI is InChI=1S/C17H19ClN2O3/c18-11-5-7-12(8-6-11)19-15(21)9-10-20-16(22)13-3-1-2-4-14(13)17(20)23/h5-8,13-14H,1-4,9-10H2,(H,19,21)/t13-,14-/m1/s1. The van der Waals surface area contributed by atoms with Gasteiger partial charge in [0.25, 0.3) is 0 Å². The van der Waals surface area contributed by atoms with Crippen LogP contribution in [-0.4, -0.2) is 29.2 Å². The lowest BCUT2D eigenvalue weighted by molar-refractivity contribution is -0.140. The van der Waals surface area contributed by atoms with Crippen molar-refractivity contribution >= 4 is 35.0 Å². The van der Waals surface area contributed by atoms with E-state index in [4.69, 9.17) is 11.6 Å². The number of imide groups is 1. The van der Waals surface area contributed by atoms with Crippen molar-refractivity contribution in [2.24, 2.45) is 11.8 Å². The van der Waals surface area contributed by atoms with Gasteiger partial charge in [-0.3, -0.25) is 19.3 Å². The Morgan fingerprint density at radius 2 is 1.65 bits per heavy atom. The maximum atomic E-state index is 12.3. The van der Waals surface area contributed by atoms with Gasteiger partial charge in [0.05, 0.1) is 11.8 Å². The van der Waals surface area contributed by atoms with Crippen molar-refractivity contribution in [3.8, 4) is 0 Å². The molecule has 1 aromatic rings. The first-order valence-electron chi connectivity index (χ1n) is 7.97. The summed E-state index contributed by atoms with van der Waals surface area (Å²) >= 11 is 5.79. The Morgan fingerprint density at radius 3 is 2.22 bits per heavy atom. The number of anilines is 1. The number of likely N-dealkylation sites (tertiary alicyclic amines) is 1. The molecule has 1 aliphatic carbocycles. The van der Waals surface area contributed by atoms with Gasteiger partial charge in [-0.25, -0.2) is 0 Å². The number of carbonyl (C=O) groups is 3. The maximum Gasteiger partial charge on any atom is 0.233 e. The van der Waals surface area contributed by atoms with E-state index in [1.54, 1.807) is 24.3 Å². The van der Waals surface area contributed by atoms with Crippen LogP contribution in [0.1, 0.15) is 32.1 Å². The number of amides is 3. The molecule has 122 valence electrons. The minimum Gasteiger partial charge on any atom is -0.326 e. The van der Waals surface area contributed by atoms with Gasteiger partial charge in [-0.05, 0) is 37.1 Å². The highest BCUT2D eigenvalue weighted by atomic mass is 35.5. The van der Waals surface area contributed by atoms with Crippen LogP contribution in [0.25, 0.3) is 0 Å². The Bertz CT molecular complexity index is 605. The van der Waals surface area contributed by atoms with Crippen molar-refractivity contribution in [3.05, 3.63) is 29.3 Å². The van der Waals surface area contributed by atoms with Crippen LogP contribution in [0.4, 0.5) is 5.69 Å². The first kappa shape index (κ1) is 16.0. The van der Waals surface area contributed by atoms with Gasteiger partial charge in [-0.2, -0.15) is 0 Å². The van der Waals surface area contributed by atoms with E-state index in [-0.39, 0.29) is 42.5 Å². The molecule has 1 N–H and O–H groups in total. The number of halogens is 1. The smallest absolute Gasteiger partial charge is 0.233 e. The Labute approximate surface area is 140 Å². The van der Waals surface area contributed by atoms with Crippen molar-refractivity contribution in [1.29, 1.82) is 0 Å². The molecule has 0 unspecified atom stereocenters. The largest absolute Gasteiger partial charge is 0.326 e.